The molecule has 1 heterocycles. The highest BCUT2D eigenvalue weighted by molar-refractivity contribution is 9.10. The zero-order valence-corrected chi connectivity index (χ0v) is 20.7. The van der Waals surface area contributed by atoms with E-state index in [1.54, 1.807) is 36.4 Å². The molecule has 0 fully saturated rings. The zero-order valence-electron chi connectivity index (χ0n) is 18.3. The number of rotatable bonds is 8. The normalized spacial score (nSPS) is 13.4. The highest BCUT2D eigenvalue weighted by Gasteiger charge is 2.41. The van der Waals surface area contributed by atoms with Gasteiger partial charge in [0.25, 0.3) is 11.8 Å². The van der Waals surface area contributed by atoms with Crippen LogP contribution in [0.5, 0.6) is 0 Å². The van der Waals surface area contributed by atoms with E-state index in [-0.39, 0.29) is 28.5 Å². The summed E-state index contributed by atoms with van der Waals surface area (Å²) in [7, 11) is 0. The van der Waals surface area contributed by atoms with Gasteiger partial charge in [-0.15, -0.1) is 0 Å². The lowest BCUT2D eigenvalue weighted by molar-refractivity contribution is -0.120. The van der Waals surface area contributed by atoms with Gasteiger partial charge in [0, 0.05) is 15.1 Å². The summed E-state index contributed by atoms with van der Waals surface area (Å²) in [6.07, 6.45) is 0.663. The Bertz CT molecular complexity index is 1260. The number of halogens is 1. The number of nitrogens with zero attached hydrogens (tertiary/aromatic N) is 1. The van der Waals surface area contributed by atoms with Gasteiger partial charge in [-0.25, -0.2) is 9.69 Å². The van der Waals surface area contributed by atoms with Crippen LogP contribution >= 0.6 is 27.7 Å². The van der Waals surface area contributed by atoms with Crippen LogP contribution < -0.4 is 10.2 Å². The first-order chi connectivity index (χ1) is 16.5. The minimum absolute atomic E-state index is 0.151. The van der Waals surface area contributed by atoms with Crippen molar-refractivity contribution >= 4 is 56.9 Å². The van der Waals surface area contributed by atoms with Gasteiger partial charge in [0.2, 0.25) is 0 Å². The molecule has 0 aliphatic carbocycles. The number of para-hydroxylation sites is 1. The van der Waals surface area contributed by atoms with Gasteiger partial charge in [0.05, 0.1) is 17.9 Å². The first kappa shape index (κ1) is 23.8. The van der Waals surface area contributed by atoms with Crippen molar-refractivity contribution in [2.45, 2.75) is 18.2 Å². The number of carbonyl (C=O) groups is 3. The van der Waals surface area contributed by atoms with Crippen LogP contribution in [-0.4, -0.2) is 24.4 Å². The number of imide groups is 1. The molecule has 6 nitrogen and oxygen atoms in total. The van der Waals surface area contributed by atoms with Crippen molar-refractivity contribution in [2.24, 2.45) is 0 Å². The Morgan fingerprint density at radius 1 is 0.941 bits per heavy atom. The summed E-state index contributed by atoms with van der Waals surface area (Å²) in [4.78, 5) is 41.9. The number of ether oxygens (including phenoxy) is 1. The van der Waals surface area contributed by atoms with E-state index in [4.69, 9.17) is 4.74 Å². The summed E-state index contributed by atoms with van der Waals surface area (Å²) in [5.74, 6) is -1.62. The lowest BCUT2D eigenvalue weighted by Crippen LogP contribution is -2.33. The highest BCUT2D eigenvalue weighted by atomic mass is 79.9. The quantitative estimate of drug-likeness (QED) is 0.281. The molecule has 0 saturated heterocycles. The molecule has 0 aromatic heterocycles. The maximum atomic E-state index is 13.6. The van der Waals surface area contributed by atoms with Crippen LogP contribution in [0.1, 0.15) is 23.7 Å². The van der Waals surface area contributed by atoms with Crippen molar-refractivity contribution in [3.63, 3.8) is 0 Å². The van der Waals surface area contributed by atoms with E-state index in [1.165, 1.54) is 11.8 Å². The first-order valence-corrected chi connectivity index (χ1v) is 12.2. The number of hydrogen-bond acceptors (Lipinski definition) is 6. The summed E-state index contributed by atoms with van der Waals surface area (Å²) >= 11 is 4.60. The van der Waals surface area contributed by atoms with Gasteiger partial charge in [-0.05, 0) is 55.0 Å². The molecule has 2 amide bonds. The topological polar surface area (TPSA) is 75.7 Å². The average Bonchev–Trinajstić information content (AvgIpc) is 3.08. The second-order valence-electron chi connectivity index (χ2n) is 7.35. The van der Waals surface area contributed by atoms with Crippen LogP contribution in [0, 0.1) is 0 Å². The van der Waals surface area contributed by atoms with Gasteiger partial charge < -0.3 is 10.1 Å². The van der Waals surface area contributed by atoms with Gasteiger partial charge in [0.15, 0.2) is 0 Å². The summed E-state index contributed by atoms with van der Waals surface area (Å²) in [6, 6.07) is 23.1. The van der Waals surface area contributed by atoms with Crippen LogP contribution in [0.4, 0.5) is 11.4 Å². The Labute approximate surface area is 210 Å². The molecule has 1 N–H and O–H groups in total. The molecule has 0 saturated carbocycles. The van der Waals surface area contributed by atoms with Crippen molar-refractivity contribution < 1.29 is 19.1 Å². The maximum absolute atomic E-state index is 13.6. The van der Waals surface area contributed by atoms with E-state index in [0.717, 1.165) is 14.3 Å². The highest BCUT2D eigenvalue weighted by Crippen LogP contribution is 2.38. The summed E-state index contributed by atoms with van der Waals surface area (Å²) in [5.41, 5.74) is 1.16. The largest absolute Gasteiger partial charge is 0.462 e. The lowest BCUT2D eigenvalue weighted by Gasteiger charge is -2.18. The van der Waals surface area contributed by atoms with Crippen LogP contribution in [0.3, 0.4) is 0 Å². The Hall–Kier alpha value is -3.36. The van der Waals surface area contributed by atoms with Crippen LogP contribution in [-0.2, 0) is 14.3 Å². The summed E-state index contributed by atoms with van der Waals surface area (Å²) in [6.45, 7) is 2.14. The molecule has 34 heavy (non-hydrogen) atoms. The standard InChI is InChI=1S/C26H21BrN2O4S/c1-2-16-33-26(32)20-10-6-7-11-21(20)29-24(30)22(28-18-14-12-17(27)13-15-18)23(25(29)31)34-19-8-4-3-5-9-19/h3-15,28H,2,16H2,1H3. The van der Waals surface area contributed by atoms with Crippen LogP contribution in [0.15, 0.2) is 98.8 Å². The van der Waals surface area contributed by atoms with E-state index in [0.29, 0.717) is 12.1 Å². The number of benzene rings is 3. The molecular formula is C26H21BrN2O4S. The lowest BCUT2D eigenvalue weighted by atomic mass is 10.1. The van der Waals surface area contributed by atoms with Gasteiger partial charge >= 0.3 is 5.97 Å². The second kappa shape index (κ2) is 10.7. The molecule has 1 aliphatic rings. The van der Waals surface area contributed by atoms with Gasteiger partial charge in [-0.2, -0.15) is 0 Å². The van der Waals surface area contributed by atoms with Gasteiger partial charge in [-0.3, -0.25) is 9.59 Å². The molecule has 0 unspecified atom stereocenters. The van der Waals surface area contributed by atoms with Crippen LogP contribution in [0.2, 0.25) is 0 Å². The third kappa shape index (κ3) is 5.08. The summed E-state index contributed by atoms with van der Waals surface area (Å²) < 4.78 is 6.17. The molecular weight excluding hydrogens is 516 g/mol. The molecule has 8 heteroatoms. The third-order valence-corrected chi connectivity index (χ3v) is 6.54. The molecule has 3 aromatic carbocycles. The molecule has 172 valence electrons. The number of thioether (sulfide) groups is 1. The smallest absolute Gasteiger partial charge is 0.340 e. The summed E-state index contributed by atoms with van der Waals surface area (Å²) in [5, 5.41) is 3.11. The Morgan fingerprint density at radius 3 is 2.32 bits per heavy atom. The van der Waals surface area contributed by atoms with Crippen molar-refractivity contribution in [3.8, 4) is 0 Å². The van der Waals surface area contributed by atoms with E-state index < -0.39 is 17.8 Å². The predicted octanol–water partition coefficient (Wildman–Crippen LogP) is 6.01. The number of hydrogen-bond donors (Lipinski definition) is 1. The first-order valence-electron chi connectivity index (χ1n) is 10.6. The predicted molar refractivity (Wildman–Crippen MR) is 137 cm³/mol. The molecule has 3 aromatic rings. The second-order valence-corrected chi connectivity index (χ2v) is 9.35. The maximum Gasteiger partial charge on any atom is 0.340 e. The number of anilines is 2. The average molecular weight is 537 g/mol. The van der Waals surface area contributed by atoms with E-state index in [9.17, 15) is 14.4 Å². The minimum atomic E-state index is -0.579. The molecule has 0 bridgehead atoms. The van der Waals surface area contributed by atoms with Gasteiger partial charge in [-0.1, -0.05) is 64.9 Å². The third-order valence-electron chi connectivity index (χ3n) is 4.92. The van der Waals surface area contributed by atoms with Gasteiger partial charge in [0.1, 0.15) is 10.6 Å². The SMILES string of the molecule is CCCOC(=O)c1ccccc1N1C(=O)C(Nc2ccc(Br)cc2)=C(Sc2ccccc2)C1=O. The van der Waals surface area contributed by atoms with E-state index >= 15 is 0 Å². The monoisotopic (exact) mass is 536 g/mol. The Morgan fingerprint density at radius 2 is 1.62 bits per heavy atom. The van der Waals surface area contributed by atoms with Crippen LogP contribution in [0.25, 0.3) is 0 Å². The fourth-order valence-electron chi connectivity index (χ4n) is 3.33. The zero-order chi connectivity index (χ0) is 24.1. The molecule has 0 atom stereocenters. The van der Waals surface area contributed by atoms with E-state index in [2.05, 4.69) is 21.2 Å². The number of nitrogens with one attached hydrogen (secondary N) is 1. The van der Waals surface area contributed by atoms with E-state index in [1.807, 2.05) is 49.4 Å². The fourth-order valence-corrected chi connectivity index (χ4v) is 4.54. The van der Waals surface area contributed by atoms with Crippen molar-refractivity contribution in [1.29, 1.82) is 0 Å². The molecule has 4 rings (SSSR count). The number of esters is 1. The molecule has 0 radical (unpaired) electrons. The minimum Gasteiger partial charge on any atom is -0.462 e. The molecule has 0 spiro atoms. The number of carbonyl (C=O) groups excluding carboxylic acids is 3. The Kier molecular flexibility index (Phi) is 7.49. The van der Waals surface area contributed by atoms with Crippen molar-refractivity contribution in [2.75, 3.05) is 16.8 Å². The fraction of sp³-hybridized carbons (Fsp3) is 0.115. The van der Waals surface area contributed by atoms with Crippen molar-refractivity contribution in [1.82, 2.24) is 0 Å². The Balaban J connectivity index is 1.74. The van der Waals surface area contributed by atoms with Crippen molar-refractivity contribution in [3.05, 3.63) is 99.5 Å². The molecule has 1 aliphatic heterocycles. The number of amides is 2.